The number of likely N-dealkylation sites (tertiary alicyclic amines) is 1. The first kappa shape index (κ1) is 14.5. The minimum absolute atomic E-state index is 0.128. The molecule has 0 unspecified atom stereocenters. The maximum atomic E-state index is 12.6. The Morgan fingerprint density at radius 3 is 2.61 bits per heavy atom. The van der Waals surface area contributed by atoms with Crippen LogP contribution in [-0.2, 0) is 9.59 Å². The summed E-state index contributed by atoms with van der Waals surface area (Å²) < 4.78 is 0. The van der Waals surface area contributed by atoms with E-state index in [1.54, 1.807) is 11.9 Å². The minimum atomic E-state index is -0.288. The molecule has 1 aromatic carbocycles. The van der Waals surface area contributed by atoms with E-state index in [0.717, 1.165) is 42.3 Å². The van der Waals surface area contributed by atoms with Gasteiger partial charge in [0, 0.05) is 25.7 Å². The number of para-hydroxylation sites is 1. The first-order valence-corrected chi connectivity index (χ1v) is 8.66. The SMILES string of the molecule is CN1C(=O)/C(=C2/SC(N3CCCCC3)=NC2=O)c2ccccc21. The van der Waals surface area contributed by atoms with Crippen molar-refractivity contribution in [2.75, 3.05) is 25.0 Å². The van der Waals surface area contributed by atoms with Gasteiger partial charge in [0.1, 0.15) is 0 Å². The van der Waals surface area contributed by atoms with Gasteiger partial charge in [-0.15, -0.1) is 0 Å². The highest BCUT2D eigenvalue weighted by molar-refractivity contribution is 8.18. The van der Waals surface area contributed by atoms with Crippen LogP contribution in [0.2, 0.25) is 0 Å². The highest BCUT2D eigenvalue weighted by atomic mass is 32.2. The topological polar surface area (TPSA) is 53.0 Å². The molecular weight excluding hydrogens is 310 g/mol. The number of carbonyl (C=O) groups is 2. The predicted octanol–water partition coefficient (Wildman–Crippen LogP) is 2.49. The number of carbonyl (C=O) groups excluding carboxylic acids is 2. The van der Waals surface area contributed by atoms with Crippen LogP contribution in [0.3, 0.4) is 0 Å². The van der Waals surface area contributed by atoms with Crippen LogP contribution in [0.25, 0.3) is 5.57 Å². The van der Waals surface area contributed by atoms with Crippen molar-refractivity contribution in [2.45, 2.75) is 19.3 Å². The van der Waals surface area contributed by atoms with Gasteiger partial charge >= 0.3 is 0 Å². The molecule has 6 heteroatoms. The van der Waals surface area contributed by atoms with Crippen LogP contribution in [0, 0.1) is 0 Å². The van der Waals surface area contributed by atoms with Crippen LogP contribution < -0.4 is 4.90 Å². The van der Waals surface area contributed by atoms with Crippen molar-refractivity contribution in [2.24, 2.45) is 4.99 Å². The van der Waals surface area contributed by atoms with E-state index in [4.69, 9.17) is 0 Å². The Bertz CT molecular complexity index is 763. The third kappa shape index (κ3) is 2.28. The van der Waals surface area contributed by atoms with Gasteiger partial charge < -0.3 is 9.80 Å². The zero-order chi connectivity index (χ0) is 16.0. The number of aliphatic imine (C=N–C) groups is 1. The Morgan fingerprint density at radius 1 is 1.09 bits per heavy atom. The van der Waals surface area contributed by atoms with E-state index < -0.39 is 0 Å². The Balaban J connectivity index is 1.72. The average Bonchev–Trinajstić information content (AvgIpc) is 3.08. The average molecular weight is 327 g/mol. The summed E-state index contributed by atoms with van der Waals surface area (Å²) in [6, 6.07) is 7.58. The van der Waals surface area contributed by atoms with Crippen molar-refractivity contribution in [3.05, 3.63) is 34.7 Å². The molecule has 3 aliphatic heterocycles. The molecule has 1 fully saturated rings. The third-order valence-electron chi connectivity index (χ3n) is 4.49. The Labute approximate surface area is 139 Å². The molecule has 0 aromatic heterocycles. The predicted molar refractivity (Wildman–Crippen MR) is 92.2 cm³/mol. The lowest BCUT2D eigenvalue weighted by Crippen LogP contribution is -2.33. The van der Waals surface area contributed by atoms with Crippen LogP contribution >= 0.6 is 11.8 Å². The number of amidine groups is 1. The molecule has 1 aromatic rings. The number of fused-ring (bicyclic) bond motifs is 1. The van der Waals surface area contributed by atoms with Crippen LogP contribution in [0.4, 0.5) is 5.69 Å². The lowest BCUT2D eigenvalue weighted by atomic mass is 10.1. The molecule has 0 atom stereocenters. The van der Waals surface area contributed by atoms with Crippen molar-refractivity contribution in [1.29, 1.82) is 0 Å². The molecule has 3 heterocycles. The van der Waals surface area contributed by atoms with Crippen molar-refractivity contribution in [3.8, 4) is 0 Å². The quantitative estimate of drug-likeness (QED) is 0.687. The molecule has 5 nitrogen and oxygen atoms in total. The first-order chi connectivity index (χ1) is 11.2. The molecule has 2 amide bonds. The van der Waals surface area contributed by atoms with E-state index in [1.165, 1.54) is 18.2 Å². The number of nitrogens with zero attached hydrogens (tertiary/aromatic N) is 3. The summed E-state index contributed by atoms with van der Waals surface area (Å²) in [6.07, 6.45) is 3.49. The highest BCUT2D eigenvalue weighted by Crippen LogP contribution is 2.43. The van der Waals surface area contributed by atoms with Crippen LogP contribution in [0.1, 0.15) is 24.8 Å². The molecule has 23 heavy (non-hydrogen) atoms. The summed E-state index contributed by atoms with van der Waals surface area (Å²) in [6.45, 7) is 1.87. The Hall–Kier alpha value is -2.08. The van der Waals surface area contributed by atoms with E-state index in [9.17, 15) is 9.59 Å². The van der Waals surface area contributed by atoms with E-state index in [2.05, 4.69) is 9.89 Å². The largest absolute Gasteiger partial charge is 0.351 e. The second kappa shape index (κ2) is 5.53. The molecule has 0 spiro atoms. The van der Waals surface area contributed by atoms with Crippen molar-refractivity contribution in [3.63, 3.8) is 0 Å². The normalized spacial score (nSPS) is 24.3. The summed E-state index contributed by atoms with van der Waals surface area (Å²) in [5.74, 6) is -0.416. The number of piperidine rings is 1. The van der Waals surface area contributed by atoms with Gasteiger partial charge in [-0.25, -0.2) is 0 Å². The molecule has 0 bridgehead atoms. The minimum Gasteiger partial charge on any atom is -0.351 e. The van der Waals surface area contributed by atoms with E-state index in [0.29, 0.717) is 10.5 Å². The van der Waals surface area contributed by atoms with Crippen molar-refractivity contribution < 1.29 is 9.59 Å². The fraction of sp³-hybridized carbons (Fsp3) is 0.353. The number of anilines is 1. The molecule has 0 aliphatic carbocycles. The number of hydrogen-bond donors (Lipinski definition) is 0. The van der Waals surface area contributed by atoms with Gasteiger partial charge in [0.05, 0.1) is 16.2 Å². The number of amides is 2. The van der Waals surface area contributed by atoms with Gasteiger partial charge in [-0.3, -0.25) is 9.59 Å². The molecule has 118 valence electrons. The molecular formula is C17H17N3O2S. The number of likely N-dealkylation sites (N-methyl/N-ethyl adjacent to an activating group) is 1. The van der Waals surface area contributed by atoms with E-state index >= 15 is 0 Å². The van der Waals surface area contributed by atoms with Crippen molar-refractivity contribution >= 4 is 40.0 Å². The zero-order valence-electron chi connectivity index (χ0n) is 12.9. The lowest BCUT2D eigenvalue weighted by molar-refractivity contribution is -0.115. The van der Waals surface area contributed by atoms with Gasteiger partial charge in [-0.05, 0) is 37.1 Å². The van der Waals surface area contributed by atoms with Gasteiger partial charge in [0.25, 0.3) is 11.8 Å². The van der Waals surface area contributed by atoms with Crippen LogP contribution in [-0.4, -0.2) is 42.0 Å². The molecule has 0 N–H and O–H groups in total. The van der Waals surface area contributed by atoms with E-state index in [1.807, 2.05) is 24.3 Å². The monoisotopic (exact) mass is 327 g/mol. The number of rotatable bonds is 0. The zero-order valence-corrected chi connectivity index (χ0v) is 13.7. The fourth-order valence-corrected chi connectivity index (χ4v) is 4.32. The number of benzene rings is 1. The molecule has 0 radical (unpaired) electrons. The van der Waals surface area contributed by atoms with Gasteiger partial charge in [0.2, 0.25) is 0 Å². The molecule has 4 rings (SSSR count). The maximum Gasteiger partial charge on any atom is 0.287 e. The smallest absolute Gasteiger partial charge is 0.287 e. The van der Waals surface area contributed by atoms with Gasteiger partial charge in [0.15, 0.2) is 5.17 Å². The fourth-order valence-electron chi connectivity index (χ4n) is 3.26. The number of thioether (sulfide) groups is 1. The lowest BCUT2D eigenvalue weighted by Gasteiger charge is -2.27. The van der Waals surface area contributed by atoms with Gasteiger partial charge in [-0.1, -0.05) is 18.2 Å². The number of hydrogen-bond acceptors (Lipinski definition) is 4. The second-order valence-corrected chi connectivity index (χ2v) is 6.91. The Morgan fingerprint density at radius 2 is 1.83 bits per heavy atom. The maximum absolute atomic E-state index is 12.6. The molecule has 1 saturated heterocycles. The summed E-state index contributed by atoms with van der Waals surface area (Å²) >= 11 is 1.35. The summed E-state index contributed by atoms with van der Waals surface area (Å²) in [7, 11) is 1.74. The highest BCUT2D eigenvalue weighted by Gasteiger charge is 2.38. The van der Waals surface area contributed by atoms with Crippen LogP contribution in [0.15, 0.2) is 34.2 Å². The van der Waals surface area contributed by atoms with Crippen LogP contribution in [0.5, 0.6) is 0 Å². The van der Waals surface area contributed by atoms with Crippen molar-refractivity contribution in [1.82, 2.24) is 4.90 Å². The Kier molecular flexibility index (Phi) is 3.49. The standard InChI is InChI=1S/C17H17N3O2S/c1-19-12-8-4-3-7-11(12)13(16(19)22)14-15(21)18-17(23-14)20-9-5-2-6-10-20/h3-4,7-8H,2,5-6,9-10H2,1H3/b14-13+. The molecule has 3 aliphatic rings. The second-order valence-electron chi connectivity index (χ2n) is 5.93. The first-order valence-electron chi connectivity index (χ1n) is 7.84. The molecule has 0 saturated carbocycles. The van der Waals surface area contributed by atoms with E-state index in [-0.39, 0.29) is 11.8 Å². The summed E-state index contributed by atoms with van der Waals surface area (Å²) in [4.78, 5) is 33.5. The third-order valence-corrected chi connectivity index (χ3v) is 5.61. The summed E-state index contributed by atoms with van der Waals surface area (Å²) in [5, 5.41) is 0.747. The summed E-state index contributed by atoms with van der Waals surface area (Å²) in [5.41, 5.74) is 2.17. The van der Waals surface area contributed by atoms with Gasteiger partial charge in [-0.2, -0.15) is 4.99 Å².